The molecule has 1 aliphatic rings. The molecule has 0 radical (unpaired) electrons. The Kier molecular flexibility index (Phi) is 3.38. The molecule has 0 bridgehead atoms. The van der Waals surface area contributed by atoms with E-state index in [9.17, 15) is 4.39 Å². The zero-order chi connectivity index (χ0) is 14.2. The van der Waals surface area contributed by atoms with Gasteiger partial charge >= 0.3 is 0 Å². The minimum Gasteiger partial charge on any atom is -0.355 e. The first-order chi connectivity index (χ1) is 9.54. The van der Waals surface area contributed by atoms with Gasteiger partial charge in [0, 0.05) is 6.54 Å². The maximum absolute atomic E-state index is 13.1. The van der Waals surface area contributed by atoms with Gasteiger partial charge in [0.05, 0.1) is 11.0 Å². The highest BCUT2D eigenvalue weighted by Gasteiger charge is 2.28. The van der Waals surface area contributed by atoms with Crippen LogP contribution in [0.4, 0.5) is 10.3 Å². The van der Waals surface area contributed by atoms with Crippen LogP contribution in [0.5, 0.6) is 0 Å². The monoisotopic (exact) mass is 276 g/mol. The number of likely N-dealkylation sites (tertiary alicyclic amines) is 1. The van der Waals surface area contributed by atoms with Crippen molar-refractivity contribution < 1.29 is 4.39 Å². The number of rotatable bonds is 3. The molecule has 20 heavy (non-hydrogen) atoms. The Balaban J connectivity index is 1.67. The first-order valence-corrected chi connectivity index (χ1v) is 7.12. The van der Waals surface area contributed by atoms with Gasteiger partial charge in [-0.1, -0.05) is 6.92 Å². The third kappa shape index (κ3) is 2.77. The number of piperidine rings is 1. The fraction of sp³-hybridized carbons (Fsp3) is 0.533. The zero-order valence-corrected chi connectivity index (χ0v) is 12.0. The van der Waals surface area contributed by atoms with Crippen molar-refractivity contribution in [1.29, 1.82) is 0 Å². The molecule has 1 aromatic carbocycles. The van der Waals surface area contributed by atoms with Crippen molar-refractivity contribution in [3.05, 3.63) is 24.0 Å². The second-order valence-corrected chi connectivity index (χ2v) is 6.21. The van der Waals surface area contributed by atoms with Crippen molar-refractivity contribution in [2.24, 2.45) is 5.41 Å². The van der Waals surface area contributed by atoms with Crippen molar-refractivity contribution in [2.45, 2.75) is 19.8 Å². The highest BCUT2D eigenvalue weighted by atomic mass is 19.1. The zero-order valence-electron chi connectivity index (χ0n) is 12.0. The van der Waals surface area contributed by atoms with Gasteiger partial charge in [0.25, 0.3) is 0 Å². The summed E-state index contributed by atoms with van der Waals surface area (Å²) >= 11 is 0. The highest BCUT2D eigenvalue weighted by molar-refractivity contribution is 5.77. The van der Waals surface area contributed by atoms with E-state index in [1.807, 2.05) is 0 Å². The van der Waals surface area contributed by atoms with Gasteiger partial charge in [0.2, 0.25) is 5.95 Å². The fourth-order valence-electron chi connectivity index (χ4n) is 2.70. The van der Waals surface area contributed by atoms with E-state index >= 15 is 0 Å². The molecule has 1 aliphatic heterocycles. The third-order valence-corrected chi connectivity index (χ3v) is 4.32. The van der Waals surface area contributed by atoms with Crippen molar-refractivity contribution in [2.75, 3.05) is 32.0 Å². The number of benzene rings is 1. The van der Waals surface area contributed by atoms with E-state index in [1.54, 1.807) is 6.07 Å². The molecular weight excluding hydrogens is 255 g/mol. The molecule has 1 saturated heterocycles. The van der Waals surface area contributed by atoms with E-state index in [-0.39, 0.29) is 5.82 Å². The summed E-state index contributed by atoms with van der Waals surface area (Å²) in [4.78, 5) is 9.94. The first-order valence-electron chi connectivity index (χ1n) is 7.12. The number of hydrogen-bond donors (Lipinski definition) is 2. The quantitative estimate of drug-likeness (QED) is 0.906. The number of aromatic nitrogens is 2. The molecule has 0 saturated carbocycles. The Morgan fingerprint density at radius 2 is 2.15 bits per heavy atom. The van der Waals surface area contributed by atoms with E-state index in [0.29, 0.717) is 5.41 Å². The number of nitrogens with zero attached hydrogens (tertiary/aromatic N) is 2. The summed E-state index contributed by atoms with van der Waals surface area (Å²) in [7, 11) is 2.17. The van der Waals surface area contributed by atoms with Gasteiger partial charge in [-0.25, -0.2) is 9.37 Å². The van der Waals surface area contributed by atoms with Crippen LogP contribution in [0.25, 0.3) is 11.0 Å². The Morgan fingerprint density at radius 1 is 1.40 bits per heavy atom. The first kappa shape index (κ1) is 13.4. The van der Waals surface area contributed by atoms with Crippen LogP contribution >= 0.6 is 0 Å². The van der Waals surface area contributed by atoms with E-state index < -0.39 is 0 Å². The molecule has 1 fully saturated rings. The smallest absolute Gasteiger partial charge is 0.201 e. The van der Waals surface area contributed by atoms with Crippen LogP contribution in [0, 0.1) is 11.2 Å². The normalized spacial score (nSPS) is 19.4. The molecule has 0 aliphatic carbocycles. The molecule has 0 amide bonds. The standard InChI is InChI=1S/C15H21FN4/c1-15(5-7-20(2)8-6-15)10-17-14-18-12-4-3-11(16)9-13(12)19-14/h3-4,9H,5-8,10H2,1-2H3,(H2,17,18,19). The maximum Gasteiger partial charge on any atom is 0.201 e. The number of aromatic amines is 1. The van der Waals surface area contributed by atoms with Crippen molar-refractivity contribution in [3.8, 4) is 0 Å². The average Bonchev–Trinajstić information content (AvgIpc) is 2.82. The molecule has 2 N–H and O–H groups in total. The lowest BCUT2D eigenvalue weighted by Crippen LogP contribution is -2.40. The molecule has 0 atom stereocenters. The topological polar surface area (TPSA) is 44.0 Å². The molecule has 4 nitrogen and oxygen atoms in total. The molecule has 0 spiro atoms. The van der Waals surface area contributed by atoms with Crippen LogP contribution in [0.1, 0.15) is 19.8 Å². The van der Waals surface area contributed by atoms with Gasteiger partial charge in [-0.05, 0) is 56.6 Å². The second-order valence-electron chi connectivity index (χ2n) is 6.21. The van der Waals surface area contributed by atoms with E-state index in [2.05, 4.69) is 34.2 Å². The van der Waals surface area contributed by atoms with Crippen molar-refractivity contribution >= 4 is 17.0 Å². The summed E-state index contributed by atoms with van der Waals surface area (Å²) in [6, 6.07) is 4.61. The lowest BCUT2D eigenvalue weighted by Gasteiger charge is -2.37. The maximum atomic E-state index is 13.1. The van der Waals surface area contributed by atoms with Crippen LogP contribution in [0.2, 0.25) is 0 Å². The SMILES string of the molecule is CN1CCC(C)(CNc2nc3ccc(F)cc3[nH]2)CC1. The minimum atomic E-state index is -0.241. The summed E-state index contributed by atoms with van der Waals surface area (Å²) in [5.41, 5.74) is 1.83. The molecule has 5 heteroatoms. The molecule has 2 aromatic rings. The van der Waals surface area contributed by atoms with Crippen LogP contribution in [0.15, 0.2) is 18.2 Å². The van der Waals surface area contributed by atoms with Gasteiger partial charge < -0.3 is 15.2 Å². The summed E-state index contributed by atoms with van der Waals surface area (Å²) in [5, 5.41) is 3.37. The van der Waals surface area contributed by atoms with Gasteiger partial charge in [-0.3, -0.25) is 0 Å². The summed E-state index contributed by atoms with van der Waals surface area (Å²) in [5.74, 6) is 0.487. The number of nitrogens with one attached hydrogen (secondary N) is 2. The number of imidazole rings is 1. The second kappa shape index (κ2) is 5.05. The number of hydrogen-bond acceptors (Lipinski definition) is 3. The molecular formula is C15H21FN4. The predicted octanol–water partition coefficient (Wildman–Crippen LogP) is 2.85. The van der Waals surface area contributed by atoms with Gasteiger partial charge in [-0.15, -0.1) is 0 Å². The Morgan fingerprint density at radius 3 is 2.90 bits per heavy atom. The lowest BCUT2D eigenvalue weighted by atomic mass is 9.80. The number of halogens is 1. The molecule has 0 unspecified atom stereocenters. The minimum absolute atomic E-state index is 0.241. The summed E-state index contributed by atoms with van der Waals surface area (Å²) < 4.78 is 13.1. The third-order valence-electron chi connectivity index (χ3n) is 4.32. The largest absolute Gasteiger partial charge is 0.355 e. The van der Waals surface area contributed by atoms with E-state index in [4.69, 9.17) is 0 Å². The Hall–Kier alpha value is -1.62. The molecule has 3 rings (SSSR count). The molecule has 108 valence electrons. The lowest BCUT2D eigenvalue weighted by molar-refractivity contribution is 0.150. The molecule has 1 aromatic heterocycles. The fourth-order valence-corrected chi connectivity index (χ4v) is 2.70. The van der Waals surface area contributed by atoms with Gasteiger partial charge in [0.15, 0.2) is 0 Å². The predicted molar refractivity (Wildman–Crippen MR) is 79.4 cm³/mol. The number of fused-ring (bicyclic) bond motifs is 1. The highest BCUT2D eigenvalue weighted by Crippen LogP contribution is 2.30. The Bertz CT molecular complexity index is 599. The average molecular weight is 276 g/mol. The van der Waals surface area contributed by atoms with Crippen LogP contribution < -0.4 is 5.32 Å². The molecule has 2 heterocycles. The van der Waals surface area contributed by atoms with Crippen LogP contribution in [0.3, 0.4) is 0 Å². The van der Waals surface area contributed by atoms with Crippen molar-refractivity contribution in [1.82, 2.24) is 14.9 Å². The van der Waals surface area contributed by atoms with Crippen LogP contribution in [-0.4, -0.2) is 41.5 Å². The number of H-pyrrole nitrogens is 1. The summed E-state index contributed by atoms with van der Waals surface area (Å²) in [6.45, 7) is 5.49. The Labute approximate surface area is 118 Å². The number of anilines is 1. The summed E-state index contributed by atoms with van der Waals surface area (Å²) in [6.07, 6.45) is 2.37. The van der Waals surface area contributed by atoms with E-state index in [1.165, 1.54) is 25.0 Å². The van der Waals surface area contributed by atoms with Gasteiger partial charge in [-0.2, -0.15) is 0 Å². The van der Waals surface area contributed by atoms with Crippen LogP contribution in [-0.2, 0) is 0 Å². The van der Waals surface area contributed by atoms with E-state index in [0.717, 1.165) is 36.6 Å². The van der Waals surface area contributed by atoms with Crippen molar-refractivity contribution in [3.63, 3.8) is 0 Å². The van der Waals surface area contributed by atoms with Gasteiger partial charge in [0.1, 0.15) is 5.82 Å².